The van der Waals surface area contributed by atoms with Gasteiger partial charge in [0.25, 0.3) is 0 Å². The van der Waals surface area contributed by atoms with E-state index in [0.717, 1.165) is 0 Å². The van der Waals surface area contributed by atoms with Gasteiger partial charge in [0.15, 0.2) is 6.10 Å². The zero-order valence-electron chi connectivity index (χ0n) is 17.3. The minimum atomic E-state index is -3.07. The van der Waals surface area contributed by atoms with Gasteiger partial charge in [0, 0.05) is 19.8 Å². The summed E-state index contributed by atoms with van der Waals surface area (Å²) in [6, 6.07) is 9.17. The lowest BCUT2D eigenvalue weighted by Gasteiger charge is -2.27. The molecular weight excluding hydrogens is 401 g/mol. The van der Waals surface area contributed by atoms with Crippen LogP contribution in [0.1, 0.15) is 33.6 Å². The summed E-state index contributed by atoms with van der Waals surface area (Å²) in [7, 11) is -1.76. The van der Waals surface area contributed by atoms with Crippen LogP contribution < -0.4 is 0 Å². The van der Waals surface area contributed by atoms with Crippen LogP contribution in [0, 0.1) is 0 Å². The maximum Gasteiger partial charge on any atom is 0.357 e. The van der Waals surface area contributed by atoms with E-state index >= 15 is 0 Å². The molecule has 0 spiro atoms. The SMILES string of the molecule is CCOP(O)(=Nc1ccccc1)OCC.COC(=O)C1CC(OC(C)=O)CCO1. The number of benzene rings is 1. The van der Waals surface area contributed by atoms with Crippen LogP contribution in [0.5, 0.6) is 0 Å². The Labute approximate surface area is 171 Å². The fourth-order valence-corrected chi connectivity index (χ4v) is 3.76. The molecule has 10 heteroatoms. The molecule has 1 saturated heterocycles. The van der Waals surface area contributed by atoms with E-state index in [1.165, 1.54) is 14.0 Å². The van der Waals surface area contributed by atoms with E-state index in [0.29, 0.717) is 38.3 Å². The second-order valence-corrected chi connectivity index (χ2v) is 7.60. The van der Waals surface area contributed by atoms with Crippen LogP contribution in [0.15, 0.2) is 35.1 Å². The molecule has 0 amide bonds. The molecule has 1 aliphatic heterocycles. The first-order valence-electron chi connectivity index (χ1n) is 9.39. The molecule has 2 atom stereocenters. The average Bonchev–Trinajstić information content (AvgIpc) is 2.68. The van der Waals surface area contributed by atoms with E-state index in [2.05, 4.69) is 9.48 Å². The Hall–Kier alpha value is -1.77. The van der Waals surface area contributed by atoms with Crippen molar-refractivity contribution in [2.45, 2.75) is 45.8 Å². The molecule has 164 valence electrons. The molecule has 1 fully saturated rings. The normalized spacial score (nSPS) is 18.8. The summed E-state index contributed by atoms with van der Waals surface area (Å²) in [5.41, 5.74) is 0.662. The molecule has 0 bridgehead atoms. The summed E-state index contributed by atoms with van der Waals surface area (Å²) < 4.78 is 29.1. The maximum atomic E-state index is 11.1. The van der Waals surface area contributed by atoms with Crippen molar-refractivity contribution in [2.24, 2.45) is 4.74 Å². The molecule has 0 aliphatic carbocycles. The fourth-order valence-electron chi connectivity index (χ4n) is 2.48. The summed E-state index contributed by atoms with van der Waals surface area (Å²) >= 11 is 0. The molecule has 1 aromatic carbocycles. The topological polar surface area (TPSA) is 113 Å². The highest BCUT2D eigenvalue weighted by atomic mass is 31.2. The van der Waals surface area contributed by atoms with E-state index in [9.17, 15) is 14.5 Å². The molecule has 1 N–H and O–H groups in total. The van der Waals surface area contributed by atoms with Gasteiger partial charge in [0.2, 0.25) is 0 Å². The van der Waals surface area contributed by atoms with Crippen molar-refractivity contribution < 1.29 is 37.7 Å². The molecule has 1 aliphatic rings. The largest absolute Gasteiger partial charge is 0.467 e. The smallest absolute Gasteiger partial charge is 0.357 e. The average molecular weight is 431 g/mol. The molecule has 2 unspecified atom stereocenters. The number of ether oxygens (including phenoxy) is 3. The number of carbonyl (C=O) groups excluding carboxylic acids is 2. The molecule has 29 heavy (non-hydrogen) atoms. The summed E-state index contributed by atoms with van der Waals surface area (Å²) in [6.45, 7) is 6.11. The van der Waals surface area contributed by atoms with Crippen LogP contribution in [0.25, 0.3) is 0 Å². The zero-order valence-corrected chi connectivity index (χ0v) is 18.2. The van der Waals surface area contributed by atoms with Gasteiger partial charge in [-0.15, -0.1) is 0 Å². The Morgan fingerprint density at radius 3 is 2.34 bits per heavy atom. The van der Waals surface area contributed by atoms with E-state index < -0.39 is 19.8 Å². The Morgan fingerprint density at radius 1 is 1.21 bits per heavy atom. The number of carbonyl (C=O) groups is 2. The number of nitrogens with zero attached hydrogens (tertiary/aromatic N) is 1. The van der Waals surface area contributed by atoms with Gasteiger partial charge in [-0.25, -0.2) is 4.79 Å². The van der Waals surface area contributed by atoms with Crippen LogP contribution in [0.2, 0.25) is 0 Å². The summed E-state index contributed by atoms with van der Waals surface area (Å²) in [4.78, 5) is 31.8. The molecule has 0 saturated carbocycles. The highest BCUT2D eigenvalue weighted by molar-refractivity contribution is 7.50. The summed E-state index contributed by atoms with van der Waals surface area (Å²) in [6.07, 6.45) is 0.183. The molecule has 9 nitrogen and oxygen atoms in total. The van der Waals surface area contributed by atoms with Crippen molar-refractivity contribution in [2.75, 3.05) is 26.9 Å². The first kappa shape index (κ1) is 25.3. The van der Waals surface area contributed by atoms with Crippen molar-refractivity contribution >= 4 is 25.4 Å². The fraction of sp³-hybridized carbons (Fsp3) is 0.579. The Balaban J connectivity index is 0.000000291. The number of hydrogen-bond donors (Lipinski definition) is 1. The Morgan fingerprint density at radius 2 is 1.83 bits per heavy atom. The van der Waals surface area contributed by atoms with Gasteiger partial charge in [-0.05, 0) is 26.0 Å². The van der Waals surface area contributed by atoms with Crippen molar-refractivity contribution in [3.63, 3.8) is 0 Å². The van der Waals surface area contributed by atoms with Crippen LogP contribution in [-0.4, -0.2) is 56.0 Å². The van der Waals surface area contributed by atoms with Crippen LogP contribution in [0.3, 0.4) is 0 Å². The molecule has 0 radical (unpaired) electrons. The van der Waals surface area contributed by atoms with Gasteiger partial charge in [-0.2, -0.15) is 4.74 Å². The monoisotopic (exact) mass is 431 g/mol. The predicted octanol–water partition coefficient (Wildman–Crippen LogP) is 3.60. The van der Waals surface area contributed by atoms with Crippen molar-refractivity contribution in [3.05, 3.63) is 30.3 Å². The van der Waals surface area contributed by atoms with Crippen LogP contribution >= 0.6 is 7.74 Å². The van der Waals surface area contributed by atoms with Gasteiger partial charge >= 0.3 is 19.7 Å². The Kier molecular flexibility index (Phi) is 11.7. The van der Waals surface area contributed by atoms with E-state index in [1.807, 2.05) is 18.2 Å². The number of rotatable bonds is 7. The van der Waals surface area contributed by atoms with Crippen LogP contribution in [-0.2, 0) is 32.8 Å². The standard InChI is InChI=1S/C10H16NO3P.C9H14O5/c1-3-13-15(12,14-4-2)11-10-8-6-5-7-9-10;1-6(10)14-7-3-4-13-8(5-7)9(11)12-2/h5-9,12H,3-4H2,1-2H3;7-8H,3-5H2,1-2H3. The van der Waals surface area contributed by atoms with Crippen LogP contribution in [0.4, 0.5) is 5.69 Å². The van der Waals surface area contributed by atoms with Gasteiger partial charge < -0.3 is 28.2 Å². The molecular formula is C19H30NO8P. The van der Waals surface area contributed by atoms with Gasteiger partial charge in [-0.1, -0.05) is 18.2 Å². The van der Waals surface area contributed by atoms with E-state index in [1.54, 1.807) is 26.0 Å². The first-order chi connectivity index (χ1) is 13.8. The molecule has 1 heterocycles. The molecule has 0 aromatic heterocycles. The Bertz CT molecular complexity index is 672. The second kappa shape index (κ2) is 13.5. The lowest BCUT2D eigenvalue weighted by Crippen LogP contribution is -2.37. The van der Waals surface area contributed by atoms with Gasteiger partial charge in [-0.3, -0.25) is 4.79 Å². The van der Waals surface area contributed by atoms with Gasteiger partial charge in [0.05, 0.1) is 32.6 Å². The van der Waals surface area contributed by atoms with E-state index in [4.69, 9.17) is 18.5 Å². The first-order valence-corrected chi connectivity index (χ1v) is 10.9. The number of methoxy groups -OCH3 is 1. The minimum Gasteiger partial charge on any atom is -0.467 e. The molecule has 1 aromatic rings. The quantitative estimate of drug-likeness (QED) is 0.515. The van der Waals surface area contributed by atoms with Crippen molar-refractivity contribution in [1.82, 2.24) is 0 Å². The second-order valence-electron chi connectivity index (χ2n) is 5.90. The minimum absolute atomic E-state index is 0.231. The third-order valence-electron chi connectivity index (χ3n) is 3.63. The zero-order chi connectivity index (χ0) is 21.7. The predicted molar refractivity (Wildman–Crippen MR) is 107 cm³/mol. The molecule has 2 rings (SSSR count). The summed E-state index contributed by atoms with van der Waals surface area (Å²) in [5, 5.41) is 0. The highest BCUT2D eigenvalue weighted by Gasteiger charge is 2.30. The lowest BCUT2D eigenvalue weighted by molar-refractivity contribution is -0.168. The maximum absolute atomic E-state index is 11.1. The van der Waals surface area contributed by atoms with Gasteiger partial charge in [0.1, 0.15) is 6.10 Å². The number of hydrogen-bond acceptors (Lipinski definition) is 8. The van der Waals surface area contributed by atoms with Crippen molar-refractivity contribution in [3.8, 4) is 0 Å². The number of esters is 2. The van der Waals surface area contributed by atoms with Crippen molar-refractivity contribution in [1.29, 1.82) is 0 Å². The lowest BCUT2D eigenvalue weighted by atomic mass is 10.1. The highest BCUT2D eigenvalue weighted by Crippen LogP contribution is 2.49. The third kappa shape index (κ3) is 10.0. The third-order valence-corrected chi connectivity index (χ3v) is 5.30. The van der Waals surface area contributed by atoms with E-state index in [-0.39, 0.29) is 12.1 Å². The summed E-state index contributed by atoms with van der Waals surface area (Å²) in [5.74, 6) is -0.748.